The average Bonchev–Trinajstić information content (AvgIpc) is 2.47. The molecule has 5 heteroatoms. The third-order valence-electron chi connectivity index (χ3n) is 3.02. The summed E-state index contributed by atoms with van der Waals surface area (Å²) in [6, 6.07) is 15.5. The van der Waals surface area contributed by atoms with Gasteiger partial charge in [0.2, 0.25) is 15.7 Å². The number of hydrogen-bond donors (Lipinski definition) is 1. The van der Waals surface area contributed by atoms with Gasteiger partial charge in [-0.15, -0.1) is 0 Å². The lowest BCUT2D eigenvalue weighted by Gasteiger charge is -2.09. The zero-order valence-electron chi connectivity index (χ0n) is 12.4. The van der Waals surface area contributed by atoms with Gasteiger partial charge in [0, 0.05) is 6.92 Å². The molecular formula is C17H17NO3S. The topological polar surface area (TPSA) is 63.2 Å². The summed E-state index contributed by atoms with van der Waals surface area (Å²) in [5.74, 6) is -0.325. The highest BCUT2D eigenvalue weighted by Gasteiger charge is 2.14. The Labute approximate surface area is 130 Å². The highest BCUT2D eigenvalue weighted by atomic mass is 32.2. The first-order valence-electron chi connectivity index (χ1n) is 6.75. The molecule has 0 aromatic heterocycles. The van der Waals surface area contributed by atoms with E-state index in [0.717, 1.165) is 11.0 Å². The van der Waals surface area contributed by atoms with Crippen LogP contribution >= 0.6 is 0 Å². The van der Waals surface area contributed by atoms with Crippen LogP contribution in [0, 0.1) is 6.92 Å². The van der Waals surface area contributed by atoms with Crippen molar-refractivity contribution >= 4 is 21.4 Å². The summed E-state index contributed by atoms with van der Waals surface area (Å²) in [5, 5.41) is 3.67. The smallest absolute Gasteiger partial charge is 0.221 e. The molecule has 0 fully saturated rings. The van der Waals surface area contributed by atoms with E-state index in [4.69, 9.17) is 0 Å². The fourth-order valence-corrected chi connectivity index (χ4v) is 3.09. The molecule has 2 rings (SSSR count). The van der Waals surface area contributed by atoms with Crippen LogP contribution in [0.5, 0.6) is 0 Å². The van der Waals surface area contributed by atoms with Crippen molar-refractivity contribution in [3.05, 3.63) is 71.1 Å². The van der Waals surface area contributed by atoms with Crippen molar-refractivity contribution in [3.63, 3.8) is 0 Å². The molecule has 0 unspecified atom stereocenters. The Kier molecular flexibility index (Phi) is 4.78. The molecule has 0 saturated carbocycles. The van der Waals surface area contributed by atoms with E-state index in [1.165, 1.54) is 6.92 Å². The first-order valence-corrected chi connectivity index (χ1v) is 8.29. The quantitative estimate of drug-likeness (QED) is 0.943. The fraction of sp³-hybridized carbons (Fsp3) is 0.118. The van der Waals surface area contributed by atoms with E-state index in [0.29, 0.717) is 5.56 Å². The van der Waals surface area contributed by atoms with Crippen LogP contribution in [-0.4, -0.2) is 14.3 Å². The van der Waals surface area contributed by atoms with Gasteiger partial charge in [0.1, 0.15) is 0 Å². The predicted octanol–water partition coefficient (Wildman–Crippen LogP) is 2.90. The Morgan fingerprint density at radius 2 is 1.59 bits per heavy atom. The predicted molar refractivity (Wildman–Crippen MR) is 86.6 cm³/mol. The van der Waals surface area contributed by atoms with E-state index in [1.54, 1.807) is 48.5 Å². The number of hydrogen-bond acceptors (Lipinski definition) is 3. The fourth-order valence-electron chi connectivity index (χ4n) is 1.93. The number of aryl methyl sites for hydroxylation is 1. The lowest BCUT2D eigenvalue weighted by Crippen LogP contribution is -2.19. The second kappa shape index (κ2) is 6.58. The Balaban J connectivity index is 2.48. The third-order valence-corrected chi connectivity index (χ3v) is 4.49. The molecule has 0 radical (unpaired) electrons. The summed E-state index contributed by atoms with van der Waals surface area (Å²) in [6.07, 6.45) is 0. The van der Waals surface area contributed by atoms with Crippen molar-refractivity contribution in [2.24, 2.45) is 0 Å². The number of benzene rings is 2. The van der Waals surface area contributed by atoms with Crippen molar-refractivity contribution in [1.82, 2.24) is 5.32 Å². The van der Waals surface area contributed by atoms with Gasteiger partial charge >= 0.3 is 0 Å². The van der Waals surface area contributed by atoms with E-state index >= 15 is 0 Å². The maximum Gasteiger partial charge on any atom is 0.221 e. The summed E-state index contributed by atoms with van der Waals surface area (Å²) in [6.45, 7) is 3.23. The van der Waals surface area contributed by atoms with Gasteiger partial charge in [-0.05, 0) is 24.6 Å². The Bertz CT molecular complexity index is 792. The Morgan fingerprint density at radius 1 is 1.00 bits per heavy atom. The molecule has 1 amide bonds. The molecule has 114 valence electrons. The molecule has 22 heavy (non-hydrogen) atoms. The second-order valence-electron chi connectivity index (χ2n) is 4.94. The van der Waals surface area contributed by atoms with Gasteiger partial charge in [0.25, 0.3) is 0 Å². The van der Waals surface area contributed by atoms with Gasteiger partial charge in [-0.2, -0.15) is 0 Å². The summed E-state index contributed by atoms with van der Waals surface area (Å²) in [5.41, 5.74) is 1.87. The van der Waals surface area contributed by atoms with Gasteiger partial charge in [0.05, 0.1) is 16.0 Å². The standard InChI is InChI=1S/C17H17NO3S/c1-13-8-10-16(11-9-13)22(20,21)12-17(18-14(2)19)15-6-4-3-5-7-15/h3-12H,1-2H3,(H,18,19)/b17-12+. The molecule has 0 aliphatic heterocycles. The SMILES string of the molecule is CC(=O)N/C(=C/S(=O)(=O)c1ccc(C)cc1)c1ccccc1. The minimum Gasteiger partial charge on any atom is -0.325 e. The number of carbonyl (C=O) groups excluding carboxylic acids is 1. The molecule has 0 aliphatic carbocycles. The molecule has 4 nitrogen and oxygen atoms in total. The van der Waals surface area contributed by atoms with Gasteiger partial charge in [0.15, 0.2) is 0 Å². The highest BCUT2D eigenvalue weighted by Crippen LogP contribution is 2.19. The lowest BCUT2D eigenvalue weighted by atomic mass is 10.2. The molecule has 2 aromatic carbocycles. The maximum atomic E-state index is 12.5. The van der Waals surface area contributed by atoms with Crippen LogP contribution in [0.1, 0.15) is 18.1 Å². The number of carbonyl (C=O) groups is 1. The molecule has 0 heterocycles. The summed E-state index contributed by atoms with van der Waals surface area (Å²) >= 11 is 0. The summed E-state index contributed by atoms with van der Waals surface area (Å²) in [4.78, 5) is 11.5. The van der Waals surface area contributed by atoms with Crippen molar-refractivity contribution in [1.29, 1.82) is 0 Å². The third kappa shape index (κ3) is 4.05. The minimum absolute atomic E-state index is 0.192. The maximum absolute atomic E-state index is 12.5. The van der Waals surface area contributed by atoms with Crippen LogP contribution in [0.2, 0.25) is 0 Å². The molecule has 0 saturated heterocycles. The van der Waals surface area contributed by atoms with Gasteiger partial charge in [-0.1, -0.05) is 48.0 Å². The highest BCUT2D eigenvalue weighted by molar-refractivity contribution is 7.94. The zero-order chi connectivity index (χ0) is 16.2. The van der Waals surface area contributed by atoms with E-state index in [9.17, 15) is 13.2 Å². The lowest BCUT2D eigenvalue weighted by molar-refractivity contribution is -0.117. The molecular weight excluding hydrogens is 298 g/mol. The first kappa shape index (κ1) is 16.0. The van der Waals surface area contributed by atoms with Crippen LogP contribution < -0.4 is 5.32 Å². The van der Waals surface area contributed by atoms with E-state index in [-0.39, 0.29) is 16.5 Å². The summed E-state index contributed by atoms with van der Waals surface area (Å²) in [7, 11) is -3.65. The van der Waals surface area contributed by atoms with Crippen LogP contribution in [0.25, 0.3) is 5.70 Å². The average molecular weight is 315 g/mol. The zero-order valence-corrected chi connectivity index (χ0v) is 13.2. The molecule has 0 aliphatic rings. The van der Waals surface area contributed by atoms with Crippen LogP contribution in [-0.2, 0) is 14.6 Å². The number of nitrogens with one attached hydrogen (secondary N) is 1. The number of sulfone groups is 1. The van der Waals surface area contributed by atoms with E-state index in [2.05, 4.69) is 5.32 Å². The van der Waals surface area contributed by atoms with Crippen LogP contribution in [0.3, 0.4) is 0 Å². The minimum atomic E-state index is -3.65. The number of amides is 1. The largest absolute Gasteiger partial charge is 0.325 e. The van der Waals surface area contributed by atoms with Crippen LogP contribution in [0.15, 0.2) is 64.9 Å². The van der Waals surface area contributed by atoms with E-state index < -0.39 is 9.84 Å². The van der Waals surface area contributed by atoms with Crippen molar-refractivity contribution in [2.45, 2.75) is 18.7 Å². The molecule has 0 atom stereocenters. The Morgan fingerprint density at radius 3 is 2.14 bits per heavy atom. The van der Waals surface area contributed by atoms with Crippen LogP contribution in [0.4, 0.5) is 0 Å². The Hall–Kier alpha value is -2.40. The van der Waals surface area contributed by atoms with Gasteiger partial charge in [-0.25, -0.2) is 8.42 Å². The van der Waals surface area contributed by atoms with Crippen molar-refractivity contribution in [2.75, 3.05) is 0 Å². The normalized spacial score (nSPS) is 12.0. The molecule has 1 N–H and O–H groups in total. The van der Waals surface area contributed by atoms with Crippen molar-refractivity contribution < 1.29 is 13.2 Å². The van der Waals surface area contributed by atoms with Gasteiger partial charge < -0.3 is 5.32 Å². The monoisotopic (exact) mass is 315 g/mol. The first-order chi connectivity index (χ1) is 10.4. The van der Waals surface area contributed by atoms with Crippen molar-refractivity contribution in [3.8, 4) is 0 Å². The molecule has 0 spiro atoms. The number of rotatable bonds is 4. The second-order valence-corrected chi connectivity index (χ2v) is 6.73. The molecule has 0 bridgehead atoms. The van der Waals surface area contributed by atoms with E-state index in [1.807, 2.05) is 13.0 Å². The summed E-state index contributed by atoms with van der Waals surface area (Å²) < 4.78 is 25.0. The van der Waals surface area contributed by atoms with Gasteiger partial charge in [-0.3, -0.25) is 4.79 Å². The molecule has 2 aromatic rings.